The first-order valence-corrected chi connectivity index (χ1v) is 5.13. The van der Waals surface area contributed by atoms with Crippen molar-refractivity contribution in [3.63, 3.8) is 0 Å². The van der Waals surface area contributed by atoms with Gasteiger partial charge in [0.05, 0.1) is 12.6 Å². The average molecular weight is 200 g/mol. The average Bonchev–Trinajstić information content (AvgIpc) is 2.15. The summed E-state index contributed by atoms with van der Waals surface area (Å²) < 4.78 is 0. The Balaban J connectivity index is 2.55. The monoisotopic (exact) mass is 200 g/mol. The summed E-state index contributed by atoms with van der Waals surface area (Å²) in [5, 5.41) is 1.42. The molecule has 0 aromatic carbocycles. The zero-order valence-electron chi connectivity index (χ0n) is 9.25. The minimum atomic E-state index is -0.486. The molecule has 1 aliphatic heterocycles. The van der Waals surface area contributed by atoms with Crippen LogP contribution in [0.3, 0.4) is 0 Å². The van der Waals surface area contributed by atoms with Gasteiger partial charge in [0, 0.05) is 6.54 Å². The van der Waals surface area contributed by atoms with Gasteiger partial charge in [0.1, 0.15) is 0 Å². The number of nitrogens with two attached hydrogens (primary N) is 1. The van der Waals surface area contributed by atoms with Crippen molar-refractivity contribution in [2.24, 2.45) is 11.1 Å². The van der Waals surface area contributed by atoms with Gasteiger partial charge in [-0.25, -0.2) is 5.06 Å². The second kappa shape index (κ2) is 4.28. The van der Waals surface area contributed by atoms with Crippen molar-refractivity contribution < 1.29 is 9.63 Å². The van der Waals surface area contributed by atoms with Gasteiger partial charge in [0.15, 0.2) is 0 Å². The van der Waals surface area contributed by atoms with E-state index in [1.54, 1.807) is 0 Å². The molecule has 1 saturated heterocycles. The lowest BCUT2D eigenvalue weighted by Gasteiger charge is -2.33. The normalized spacial score (nSPS) is 20.7. The second-order valence-electron chi connectivity index (χ2n) is 4.82. The molecule has 1 amide bonds. The first-order chi connectivity index (χ1) is 6.43. The molecule has 0 bridgehead atoms. The first-order valence-electron chi connectivity index (χ1n) is 5.13. The van der Waals surface area contributed by atoms with Gasteiger partial charge in [-0.05, 0) is 18.3 Å². The first kappa shape index (κ1) is 11.5. The SMILES string of the molecule is CC(C)(C)[C@H](N)C(=O)N1CCCCO1. The van der Waals surface area contributed by atoms with E-state index in [0.29, 0.717) is 13.2 Å². The summed E-state index contributed by atoms with van der Waals surface area (Å²) >= 11 is 0. The molecule has 0 aromatic heterocycles. The highest BCUT2D eigenvalue weighted by Gasteiger charge is 2.32. The van der Waals surface area contributed by atoms with Gasteiger partial charge in [-0.3, -0.25) is 9.63 Å². The topological polar surface area (TPSA) is 55.6 Å². The van der Waals surface area contributed by atoms with Crippen LogP contribution in [-0.4, -0.2) is 30.2 Å². The molecule has 1 heterocycles. The van der Waals surface area contributed by atoms with Gasteiger partial charge in [0.2, 0.25) is 0 Å². The molecule has 14 heavy (non-hydrogen) atoms. The minimum Gasteiger partial charge on any atom is -0.319 e. The summed E-state index contributed by atoms with van der Waals surface area (Å²) in [7, 11) is 0. The van der Waals surface area contributed by atoms with Crippen molar-refractivity contribution >= 4 is 5.91 Å². The number of hydrogen-bond acceptors (Lipinski definition) is 3. The largest absolute Gasteiger partial charge is 0.319 e. The van der Waals surface area contributed by atoms with E-state index >= 15 is 0 Å². The van der Waals surface area contributed by atoms with E-state index in [-0.39, 0.29) is 11.3 Å². The highest BCUT2D eigenvalue weighted by Crippen LogP contribution is 2.20. The maximum Gasteiger partial charge on any atom is 0.263 e. The van der Waals surface area contributed by atoms with Crippen LogP contribution in [0.4, 0.5) is 0 Å². The molecule has 0 aliphatic carbocycles. The Labute approximate surface area is 85.3 Å². The second-order valence-corrected chi connectivity index (χ2v) is 4.82. The maximum absolute atomic E-state index is 11.8. The summed E-state index contributed by atoms with van der Waals surface area (Å²) in [6, 6.07) is -0.486. The van der Waals surface area contributed by atoms with Gasteiger partial charge in [-0.2, -0.15) is 0 Å². The standard InChI is InChI=1S/C10H20N2O2/c1-10(2,3)8(11)9(13)12-6-4-5-7-14-12/h8H,4-7,11H2,1-3H3/t8-/m1/s1. The third kappa shape index (κ3) is 2.69. The number of rotatable bonds is 1. The van der Waals surface area contributed by atoms with Crippen LogP contribution in [0.5, 0.6) is 0 Å². The van der Waals surface area contributed by atoms with Crippen LogP contribution in [0.15, 0.2) is 0 Å². The fourth-order valence-corrected chi connectivity index (χ4v) is 1.30. The fourth-order valence-electron chi connectivity index (χ4n) is 1.30. The molecule has 0 aromatic rings. The Bertz CT molecular complexity index is 205. The van der Waals surface area contributed by atoms with Gasteiger partial charge >= 0.3 is 0 Å². The van der Waals surface area contributed by atoms with Crippen LogP contribution in [0, 0.1) is 5.41 Å². The molecular weight excluding hydrogens is 180 g/mol. The molecule has 0 spiro atoms. The molecule has 1 aliphatic rings. The number of amides is 1. The van der Waals surface area contributed by atoms with E-state index in [1.807, 2.05) is 20.8 Å². The van der Waals surface area contributed by atoms with Crippen LogP contribution in [0.1, 0.15) is 33.6 Å². The van der Waals surface area contributed by atoms with Gasteiger partial charge < -0.3 is 5.73 Å². The molecule has 4 heteroatoms. The fraction of sp³-hybridized carbons (Fsp3) is 0.900. The summed E-state index contributed by atoms with van der Waals surface area (Å²) in [6.07, 6.45) is 2.02. The molecule has 0 radical (unpaired) electrons. The Morgan fingerprint density at radius 3 is 2.50 bits per heavy atom. The smallest absolute Gasteiger partial charge is 0.263 e. The van der Waals surface area contributed by atoms with E-state index in [1.165, 1.54) is 5.06 Å². The number of hydrogen-bond donors (Lipinski definition) is 1. The van der Waals surface area contributed by atoms with E-state index in [9.17, 15) is 4.79 Å². The Morgan fingerprint density at radius 2 is 2.07 bits per heavy atom. The quantitative estimate of drug-likeness (QED) is 0.684. The van der Waals surface area contributed by atoms with E-state index < -0.39 is 6.04 Å². The lowest BCUT2D eigenvalue weighted by Crippen LogP contribution is -2.51. The highest BCUT2D eigenvalue weighted by molar-refractivity contribution is 5.81. The van der Waals surface area contributed by atoms with Crippen LogP contribution < -0.4 is 5.73 Å². The van der Waals surface area contributed by atoms with Crippen LogP contribution in [-0.2, 0) is 9.63 Å². The van der Waals surface area contributed by atoms with Crippen molar-refractivity contribution in [3.05, 3.63) is 0 Å². The third-order valence-electron chi connectivity index (χ3n) is 2.45. The molecule has 1 atom stereocenters. The predicted octanol–water partition coefficient (Wildman–Crippen LogP) is 0.914. The lowest BCUT2D eigenvalue weighted by atomic mass is 9.87. The van der Waals surface area contributed by atoms with Crippen molar-refractivity contribution in [3.8, 4) is 0 Å². The zero-order chi connectivity index (χ0) is 10.8. The van der Waals surface area contributed by atoms with Gasteiger partial charge in [-0.1, -0.05) is 20.8 Å². The number of hydroxylamine groups is 2. The lowest BCUT2D eigenvalue weighted by molar-refractivity contribution is -0.200. The Hall–Kier alpha value is -0.610. The highest BCUT2D eigenvalue weighted by atomic mass is 16.7. The molecule has 0 saturated carbocycles. The summed E-state index contributed by atoms with van der Waals surface area (Å²) in [4.78, 5) is 17.1. The third-order valence-corrected chi connectivity index (χ3v) is 2.45. The number of carbonyl (C=O) groups is 1. The zero-order valence-corrected chi connectivity index (χ0v) is 9.25. The molecule has 1 rings (SSSR count). The van der Waals surface area contributed by atoms with Crippen LogP contribution in [0.2, 0.25) is 0 Å². The molecule has 4 nitrogen and oxygen atoms in total. The Kier molecular flexibility index (Phi) is 3.50. The Morgan fingerprint density at radius 1 is 1.43 bits per heavy atom. The van der Waals surface area contributed by atoms with E-state index in [0.717, 1.165) is 12.8 Å². The molecule has 2 N–H and O–H groups in total. The number of carbonyl (C=O) groups excluding carboxylic acids is 1. The number of nitrogens with zero attached hydrogens (tertiary/aromatic N) is 1. The van der Waals surface area contributed by atoms with Crippen LogP contribution >= 0.6 is 0 Å². The van der Waals surface area contributed by atoms with Crippen LogP contribution in [0.25, 0.3) is 0 Å². The van der Waals surface area contributed by atoms with E-state index in [2.05, 4.69) is 0 Å². The maximum atomic E-state index is 11.8. The van der Waals surface area contributed by atoms with Crippen molar-refractivity contribution in [2.75, 3.05) is 13.2 Å². The van der Waals surface area contributed by atoms with Crippen molar-refractivity contribution in [2.45, 2.75) is 39.7 Å². The summed E-state index contributed by atoms with van der Waals surface area (Å²) in [5.41, 5.74) is 5.64. The predicted molar refractivity (Wildman–Crippen MR) is 54.3 cm³/mol. The van der Waals surface area contributed by atoms with Gasteiger partial charge in [0.25, 0.3) is 5.91 Å². The van der Waals surface area contributed by atoms with Gasteiger partial charge in [-0.15, -0.1) is 0 Å². The van der Waals surface area contributed by atoms with Crippen molar-refractivity contribution in [1.29, 1.82) is 0 Å². The molecule has 1 fully saturated rings. The molecule has 82 valence electrons. The van der Waals surface area contributed by atoms with Crippen molar-refractivity contribution in [1.82, 2.24) is 5.06 Å². The molecule has 0 unspecified atom stereocenters. The summed E-state index contributed by atoms with van der Waals surface area (Å²) in [5.74, 6) is -0.0998. The molecular formula is C10H20N2O2. The minimum absolute atomic E-state index is 0.0998. The summed E-state index contributed by atoms with van der Waals surface area (Å²) in [6.45, 7) is 7.17. The van der Waals surface area contributed by atoms with E-state index in [4.69, 9.17) is 10.6 Å².